The Balaban J connectivity index is 0.878. The van der Waals surface area contributed by atoms with Crippen LogP contribution in [-0.2, 0) is 29.2 Å². The number of nitrogens with zero attached hydrogens (tertiary/aromatic N) is 6. The van der Waals surface area contributed by atoms with E-state index in [0.717, 1.165) is 42.2 Å². The van der Waals surface area contributed by atoms with Crippen LogP contribution < -0.4 is 20.3 Å². The first kappa shape index (κ1) is 47.0. The van der Waals surface area contributed by atoms with Gasteiger partial charge in [-0.15, -0.1) is 11.3 Å². The molecule has 2 aromatic heterocycles. The third-order valence-electron chi connectivity index (χ3n) is 13.5. The van der Waals surface area contributed by atoms with Gasteiger partial charge in [-0.25, -0.2) is 27.8 Å². The van der Waals surface area contributed by atoms with Crippen LogP contribution in [0.2, 0.25) is 0 Å². The largest absolute Gasteiger partial charge is 0.371 e. The predicted octanol–water partition coefficient (Wildman–Crippen LogP) is 7.15. The van der Waals surface area contributed by atoms with Crippen molar-refractivity contribution in [3.8, 4) is 21.8 Å². The first-order valence-electron chi connectivity index (χ1n) is 23.3. The van der Waals surface area contributed by atoms with Gasteiger partial charge in [-0.2, -0.15) is 0 Å². The molecule has 0 bridgehead atoms. The second-order valence-electron chi connectivity index (χ2n) is 18.7. The smallest absolute Gasteiger partial charge is 0.234 e. The van der Waals surface area contributed by atoms with Gasteiger partial charge in [0.1, 0.15) is 0 Å². The molecular formula is C48H60FN9O6S2. The van der Waals surface area contributed by atoms with Crippen LogP contribution in [0.15, 0.2) is 54.7 Å². The molecule has 66 heavy (non-hydrogen) atoms. The second-order valence-corrected chi connectivity index (χ2v) is 21.6. The quantitative estimate of drug-likeness (QED) is 0.116. The fourth-order valence-corrected chi connectivity index (χ4v) is 12.0. The highest BCUT2D eigenvalue weighted by molar-refractivity contribution is 7.92. The van der Waals surface area contributed by atoms with Gasteiger partial charge in [0, 0.05) is 86.4 Å². The zero-order valence-electron chi connectivity index (χ0n) is 38.1. The number of benzene rings is 2. The van der Waals surface area contributed by atoms with Crippen LogP contribution in [0, 0.1) is 17.2 Å². The summed E-state index contributed by atoms with van der Waals surface area (Å²) in [4.78, 5) is 72.9. The van der Waals surface area contributed by atoms with Crippen LogP contribution in [0.1, 0.15) is 108 Å². The van der Waals surface area contributed by atoms with E-state index < -0.39 is 21.3 Å². The number of rotatable bonds is 13. The van der Waals surface area contributed by atoms with Crippen molar-refractivity contribution in [2.75, 3.05) is 60.0 Å². The van der Waals surface area contributed by atoms with E-state index in [1.807, 2.05) is 54.8 Å². The number of hydrogen-bond acceptors (Lipinski definition) is 12. The number of hydrogen-bond donors (Lipinski definition) is 3. The molecule has 4 saturated heterocycles. The summed E-state index contributed by atoms with van der Waals surface area (Å²) < 4.78 is 44.0. The highest BCUT2D eigenvalue weighted by atomic mass is 32.2. The van der Waals surface area contributed by atoms with Crippen molar-refractivity contribution in [3.05, 3.63) is 71.1 Å². The summed E-state index contributed by atoms with van der Waals surface area (Å²) in [7, 11) is -3.75. The molecule has 0 aliphatic carbocycles. The average molecular weight is 942 g/mol. The van der Waals surface area contributed by atoms with Gasteiger partial charge in [0.2, 0.25) is 39.6 Å². The van der Waals surface area contributed by atoms with Gasteiger partial charge in [-0.3, -0.25) is 29.2 Å². The Hall–Kier alpha value is -5.49. The predicted molar refractivity (Wildman–Crippen MR) is 254 cm³/mol. The molecule has 4 fully saturated rings. The molecule has 4 amide bonds. The highest BCUT2D eigenvalue weighted by Crippen LogP contribution is 2.44. The second kappa shape index (κ2) is 19.8. The van der Waals surface area contributed by atoms with E-state index in [1.54, 1.807) is 31.3 Å². The maximum absolute atomic E-state index is 16.3. The Bertz CT molecular complexity index is 2550. The average Bonchev–Trinajstić information content (AvgIpc) is 3.75. The number of sulfonamides is 1. The topological polar surface area (TPSA) is 187 Å². The van der Waals surface area contributed by atoms with Gasteiger partial charge < -0.3 is 20.0 Å². The van der Waals surface area contributed by atoms with Crippen molar-refractivity contribution >= 4 is 62.3 Å². The number of thiazole rings is 1. The molecule has 3 N–H and O–H groups in total. The van der Waals surface area contributed by atoms with E-state index >= 15 is 4.39 Å². The van der Waals surface area contributed by atoms with Crippen LogP contribution in [0.3, 0.4) is 0 Å². The van der Waals surface area contributed by atoms with Crippen molar-refractivity contribution in [1.29, 1.82) is 0 Å². The number of amides is 4. The molecule has 2 aromatic carbocycles. The number of halogens is 1. The molecular weight excluding hydrogens is 882 g/mol. The monoisotopic (exact) mass is 941 g/mol. The van der Waals surface area contributed by atoms with Crippen molar-refractivity contribution in [2.45, 2.75) is 103 Å². The van der Waals surface area contributed by atoms with E-state index in [1.165, 1.54) is 17.4 Å². The van der Waals surface area contributed by atoms with E-state index in [2.05, 4.69) is 25.2 Å². The van der Waals surface area contributed by atoms with E-state index in [4.69, 9.17) is 9.97 Å². The number of piperidine rings is 4. The Morgan fingerprint density at radius 2 is 1.64 bits per heavy atom. The summed E-state index contributed by atoms with van der Waals surface area (Å²) in [5, 5.41) is 6.46. The lowest BCUT2D eigenvalue weighted by Crippen LogP contribution is -2.52. The lowest BCUT2D eigenvalue weighted by atomic mass is 9.78. The zero-order chi connectivity index (χ0) is 46.8. The normalized spacial score (nSPS) is 19.8. The Labute approximate surface area is 390 Å². The molecule has 6 heterocycles. The van der Waals surface area contributed by atoms with Crippen molar-refractivity contribution in [3.63, 3.8) is 0 Å². The summed E-state index contributed by atoms with van der Waals surface area (Å²) in [6.45, 7) is 11.4. The van der Waals surface area contributed by atoms with Gasteiger partial charge in [-0.1, -0.05) is 32.0 Å². The van der Waals surface area contributed by atoms with Crippen LogP contribution >= 0.6 is 11.3 Å². The van der Waals surface area contributed by atoms with Gasteiger partial charge in [0.15, 0.2) is 5.82 Å². The van der Waals surface area contributed by atoms with E-state index in [-0.39, 0.29) is 64.4 Å². The molecule has 4 aliphatic rings. The third kappa shape index (κ3) is 10.4. The molecule has 352 valence electrons. The SMILES string of the molecule is CCCS(=O)(=O)Nc1cccc(-c2nc(C3CCN(C(=O)C4(C)CCN(C(=O)C5CCN(c6ccc([C@@H]7CCC(=O)NC7=O)cc6)CC5)CC4)CC3)sc2-c2ccnc(NC(C)C)n2)c1F. The molecule has 8 rings (SSSR count). The number of likely N-dealkylation sites (tertiary alicyclic amines) is 2. The molecule has 18 heteroatoms. The first-order valence-corrected chi connectivity index (χ1v) is 25.7. The van der Waals surface area contributed by atoms with Crippen LogP contribution in [0.5, 0.6) is 0 Å². The fourth-order valence-electron chi connectivity index (χ4n) is 9.68. The summed E-state index contributed by atoms with van der Waals surface area (Å²) in [6.07, 6.45) is 6.92. The summed E-state index contributed by atoms with van der Waals surface area (Å²) in [5.74, 6) is -0.994. The molecule has 0 saturated carbocycles. The van der Waals surface area contributed by atoms with Crippen LogP contribution in [-0.4, -0.2) is 108 Å². The number of aromatic nitrogens is 3. The number of nitrogens with one attached hydrogen (secondary N) is 3. The highest BCUT2D eigenvalue weighted by Gasteiger charge is 2.43. The standard InChI is InChI=1S/C48H60FN9O6S2/c1-5-29-66(63,64)55-37-8-6-7-36(40(37)49)41-42(38-15-22-50-47(52-38)51-30(2)3)65-44(54-41)32-16-25-58(26-17-32)46(62)48(4)20-27-57(28-21-48)45(61)33-18-23-56(24-19-33)34-11-9-31(10-12-34)35-13-14-39(59)53-43(35)60/h6-12,15,22,30,32-33,35,55H,5,13-14,16-21,23-29H2,1-4H3,(H,50,51,52)(H,53,59,60)/t35-/m0/s1. The lowest BCUT2D eigenvalue weighted by molar-refractivity contribution is -0.149. The Kier molecular flexibility index (Phi) is 14.1. The van der Waals surface area contributed by atoms with Gasteiger partial charge in [0.25, 0.3) is 0 Å². The summed E-state index contributed by atoms with van der Waals surface area (Å²) in [5.41, 5.74) is 2.33. The Morgan fingerprint density at radius 3 is 2.30 bits per heavy atom. The first-order chi connectivity index (χ1) is 31.6. The number of carbonyl (C=O) groups is 4. The minimum absolute atomic E-state index is 0.00633. The number of imide groups is 1. The van der Waals surface area contributed by atoms with Gasteiger partial charge in [-0.05, 0) is 101 Å². The zero-order valence-corrected chi connectivity index (χ0v) is 39.8. The van der Waals surface area contributed by atoms with Crippen molar-refractivity contribution in [2.24, 2.45) is 11.3 Å². The maximum atomic E-state index is 16.3. The van der Waals surface area contributed by atoms with Gasteiger partial charge >= 0.3 is 0 Å². The molecule has 1 atom stereocenters. The molecule has 4 aromatic rings. The molecule has 0 spiro atoms. The molecule has 0 unspecified atom stereocenters. The van der Waals surface area contributed by atoms with Crippen molar-refractivity contribution in [1.82, 2.24) is 30.1 Å². The summed E-state index contributed by atoms with van der Waals surface area (Å²) >= 11 is 1.43. The van der Waals surface area contributed by atoms with E-state index in [0.29, 0.717) is 93.3 Å². The lowest BCUT2D eigenvalue weighted by Gasteiger charge is -2.44. The number of anilines is 3. The molecule has 15 nitrogen and oxygen atoms in total. The summed E-state index contributed by atoms with van der Waals surface area (Å²) in [6, 6.07) is 14.4. The maximum Gasteiger partial charge on any atom is 0.234 e. The fraction of sp³-hybridized carbons (Fsp3) is 0.521. The third-order valence-corrected chi connectivity index (χ3v) is 16.2. The Morgan fingerprint density at radius 1 is 0.924 bits per heavy atom. The number of carbonyl (C=O) groups excluding carboxylic acids is 4. The van der Waals surface area contributed by atoms with Crippen LogP contribution in [0.25, 0.3) is 21.8 Å². The van der Waals surface area contributed by atoms with Crippen molar-refractivity contribution < 1.29 is 32.0 Å². The molecule has 0 radical (unpaired) electrons. The minimum Gasteiger partial charge on any atom is -0.371 e. The van der Waals surface area contributed by atoms with Crippen LogP contribution in [0.4, 0.5) is 21.7 Å². The van der Waals surface area contributed by atoms with Gasteiger partial charge in [0.05, 0.1) is 38.6 Å². The molecule has 4 aliphatic heterocycles. The minimum atomic E-state index is -3.75. The van der Waals surface area contributed by atoms with E-state index in [9.17, 15) is 27.6 Å².